The van der Waals surface area contributed by atoms with Crippen LogP contribution in [-0.2, 0) is 14.3 Å². The van der Waals surface area contributed by atoms with Crippen LogP contribution in [0.3, 0.4) is 0 Å². The van der Waals surface area contributed by atoms with E-state index in [-0.39, 0.29) is 29.7 Å². The number of carbonyl (C=O) groups excluding carboxylic acids is 2. The van der Waals surface area contributed by atoms with Crippen molar-refractivity contribution in [3.05, 3.63) is 12.2 Å². The number of esters is 1. The highest BCUT2D eigenvalue weighted by Gasteiger charge is 2.47. The molecule has 3 nitrogen and oxygen atoms in total. The van der Waals surface area contributed by atoms with Gasteiger partial charge in [-0.15, -0.1) is 0 Å². The van der Waals surface area contributed by atoms with Crippen LogP contribution in [-0.4, -0.2) is 18.4 Å². The van der Waals surface area contributed by atoms with Crippen molar-refractivity contribution in [1.29, 1.82) is 0 Å². The molecule has 1 aliphatic carbocycles. The molecule has 18 heavy (non-hydrogen) atoms. The van der Waals surface area contributed by atoms with Gasteiger partial charge in [0.1, 0.15) is 0 Å². The van der Waals surface area contributed by atoms with Crippen LogP contribution in [0.25, 0.3) is 0 Å². The Morgan fingerprint density at radius 2 is 1.94 bits per heavy atom. The van der Waals surface area contributed by atoms with E-state index in [0.717, 1.165) is 12.8 Å². The topological polar surface area (TPSA) is 43.4 Å². The summed E-state index contributed by atoms with van der Waals surface area (Å²) in [7, 11) is 0. The quantitative estimate of drug-likeness (QED) is 0.557. The first kappa shape index (κ1) is 14.9. The van der Waals surface area contributed by atoms with Crippen LogP contribution >= 0.6 is 0 Å². The van der Waals surface area contributed by atoms with E-state index in [2.05, 4.69) is 6.08 Å². The summed E-state index contributed by atoms with van der Waals surface area (Å²) in [6, 6.07) is 0. The third kappa shape index (κ3) is 2.65. The Morgan fingerprint density at radius 3 is 2.39 bits per heavy atom. The average molecular weight is 252 g/mol. The highest BCUT2D eigenvalue weighted by molar-refractivity contribution is 5.89. The van der Waals surface area contributed by atoms with E-state index in [4.69, 9.17) is 4.74 Å². The first-order chi connectivity index (χ1) is 8.24. The van der Waals surface area contributed by atoms with Gasteiger partial charge in [-0.3, -0.25) is 9.59 Å². The lowest BCUT2D eigenvalue weighted by Crippen LogP contribution is -2.40. The molecule has 1 aliphatic rings. The van der Waals surface area contributed by atoms with Crippen molar-refractivity contribution in [2.45, 2.75) is 47.5 Å². The lowest BCUT2D eigenvalue weighted by Gasteiger charge is -2.36. The van der Waals surface area contributed by atoms with Gasteiger partial charge in [0.25, 0.3) is 0 Å². The van der Waals surface area contributed by atoms with Gasteiger partial charge in [0.05, 0.1) is 5.92 Å². The maximum absolute atomic E-state index is 12.3. The molecule has 0 bridgehead atoms. The van der Waals surface area contributed by atoms with Crippen LogP contribution in [0.15, 0.2) is 12.2 Å². The second-order valence-electron chi connectivity index (χ2n) is 6.00. The van der Waals surface area contributed by atoms with Gasteiger partial charge in [-0.1, -0.05) is 46.8 Å². The molecule has 2 atom stereocenters. The maximum atomic E-state index is 12.3. The van der Waals surface area contributed by atoms with Gasteiger partial charge in [-0.25, -0.2) is 0 Å². The Kier molecular flexibility index (Phi) is 4.36. The number of hydrogen-bond donors (Lipinski definition) is 0. The molecular formula is C15H24O3. The molecule has 0 saturated carbocycles. The molecule has 0 N–H and O–H groups in total. The summed E-state index contributed by atoms with van der Waals surface area (Å²) in [4.78, 5) is 23.8. The molecule has 0 aromatic rings. The SMILES string of the molecule is CC[C@H](C)C(=O)OCC(=O)[C@@]1(C)CC=CC1(C)C. The van der Waals surface area contributed by atoms with Crippen molar-refractivity contribution in [2.24, 2.45) is 16.7 Å². The molecule has 0 saturated heterocycles. The highest BCUT2D eigenvalue weighted by Crippen LogP contribution is 2.48. The molecule has 1 rings (SSSR count). The molecule has 0 fully saturated rings. The molecule has 0 spiro atoms. The van der Waals surface area contributed by atoms with E-state index >= 15 is 0 Å². The summed E-state index contributed by atoms with van der Waals surface area (Å²) in [5, 5.41) is 0. The zero-order valence-electron chi connectivity index (χ0n) is 12.1. The Morgan fingerprint density at radius 1 is 1.33 bits per heavy atom. The fourth-order valence-electron chi connectivity index (χ4n) is 2.11. The van der Waals surface area contributed by atoms with Gasteiger partial charge in [0.2, 0.25) is 0 Å². The molecule has 0 aliphatic heterocycles. The maximum Gasteiger partial charge on any atom is 0.309 e. The van der Waals surface area contributed by atoms with Gasteiger partial charge in [0, 0.05) is 5.41 Å². The molecule has 3 heteroatoms. The number of Topliss-reactive ketones (excluding diaryl/α,β-unsaturated/α-hetero) is 1. The minimum Gasteiger partial charge on any atom is -0.457 e. The van der Waals surface area contributed by atoms with E-state index in [9.17, 15) is 9.59 Å². The lowest BCUT2D eigenvalue weighted by atomic mass is 9.66. The van der Waals surface area contributed by atoms with Gasteiger partial charge < -0.3 is 4.74 Å². The van der Waals surface area contributed by atoms with Crippen molar-refractivity contribution in [2.75, 3.05) is 6.61 Å². The second kappa shape index (κ2) is 5.25. The molecule has 0 aromatic heterocycles. The van der Waals surface area contributed by atoms with E-state index in [0.29, 0.717) is 0 Å². The van der Waals surface area contributed by atoms with Crippen molar-refractivity contribution < 1.29 is 14.3 Å². The fraction of sp³-hybridized carbons (Fsp3) is 0.733. The highest BCUT2D eigenvalue weighted by atomic mass is 16.5. The summed E-state index contributed by atoms with van der Waals surface area (Å²) in [5.41, 5.74) is -0.629. The first-order valence-electron chi connectivity index (χ1n) is 6.62. The normalized spacial score (nSPS) is 26.9. The fourth-order valence-corrected chi connectivity index (χ4v) is 2.11. The number of ketones is 1. The van der Waals surface area contributed by atoms with Crippen LogP contribution in [0.4, 0.5) is 0 Å². The molecule has 0 amide bonds. The molecule has 0 unspecified atom stereocenters. The Balaban J connectivity index is 2.60. The van der Waals surface area contributed by atoms with E-state index in [1.165, 1.54) is 0 Å². The van der Waals surface area contributed by atoms with Crippen molar-refractivity contribution in [3.63, 3.8) is 0 Å². The zero-order chi connectivity index (χ0) is 14.0. The lowest BCUT2D eigenvalue weighted by molar-refractivity contribution is -0.155. The summed E-state index contributed by atoms with van der Waals surface area (Å²) >= 11 is 0. The largest absolute Gasteiger partial charge is 0.457 e. The number of ether oxygens (including phenoxy) is 1. The van der Waals surface area contributed by atoms with E-state index < -0.39 is 5.41 Å². The molecule has 0 radical (unpaired) electrons. The summed E-state index contributed by atoms with van der Waals surface area (Å²) in [6.07, 6.45) is 5.56. The summed E-state index contributed by atoms with van der Waals surface area (Å²) in [6.45, 7) is 9.68. The third-order valence-electron chi connectivity index (χ3n) is 4.46. The first-order valence-corrected chi connectivity index (χ1v) is 6.62. The van der Waals surface area contributed by atoms with Crippen molar-refractivity contribution >= 4 is 11.8 Å². The smallest absolute Gasteiger partial charge is 0.309 e. The molecular weight excluding hydrogens is 228 g/mol. The third-order valence-corrected chi connectivity index (χ3v) is 4.46. The van der Waals surface area contributed by atoms with Crippen LogP contribution in [0.1, 0.15) is 47.5 Å². The van der Waals surface area contributed by atoms with Crippen molar-refractivity contribution in [1.82, 2.24) is 0 Å². The summed E-state index contributed by atoms with van der Waals surface area (Å²) < 4.78 is 5.11. The molecule has 0 heterocycles. The van der Waals surface area contributed by atoms with Gasteiger partial charge in [-0.2, -0.15) is 0 Å². The average Bonchev–Trinajstić information content (AvgIpc) is 2.60. The predicted octanol–water partition coefficient (Wildman–Crippen LogP) is 3.14. The van der Waals surface area contributed by atoms with E-state index in [1.54, 1.807) is 0 Å². The number of allylic oxidation sites excluding steroid dienone is 2. The minimum atomic E-state index is -0.456. The van der Waals surface area contributed by atoms with Crippen LogP contribution in [0, 0.1) is 16.7 Å². The van der Waals surface area contributed by atoms with Gasteiger partial charge in [-0.05, 0) is 18.3 Å². The van der Waals surface area contributed by atoms with Gasteiger partial charge in [0.15, 0.2) is 12.4 Å². The van der Waals surface area contributed by atoms with Crippen molar-refractivity contribution in [3.8, 4) is 0 Å². The Bertz CT molecular complexity index is 368. The standard InChI is InChI=1S/C15H24O3/c1-6-11(2)13(17)18-10-12(16)15(5)9-7-8-14(15,3)4/h7-8,11H,6,9-10H2,1-5H3/t11-,15+/m0/s1. The minimum absolute atomic E-state index is 0.00848. The van der Waals surface area contributed by atoms with Crippen LogP contribution < -0.4 is 0 Å². The zero-order valence-corrected chi connectivity index (χ0v) is 12.1. The molecule has 0 aromatic carbocycles. The Hall–Kier alpha value is -1.12. The number of hydrogen-bond acceptors (Lipinski definition) is 3. The van der Waals surface area contributed by atoms with E-state index in [1.807, 2.05) is 40.7 Å². The molecule has 102 valence electrons. The van der Waals surface area contributed by atoms with Crippen LogP contribution in [0.5, 0.6) is 0 Å². The van der Waals surface area contributed by atoms with Crippen LogP contribution in [0.2, 0.25) is 0 Å². The summed E-state index contributed by atoms with van der Waals surface area (Å²) in [5.74, 6) is -0.410. The Labute approximate surface area is 110 Å². The number of rotatable bonds is 5. The monoisotopic (exact) mass is 252 g/mol. The number of carbonyl (C=O) groups is 2. The predicted molar refractivity (Wildman–Crippen MR) is 71.1 cm³/mol. The second-order valence-corrected chi connectivity index (χ2v) is 6.00. The van der Waals surface area contributed by atoms with Gasteiger partial charge >= 0.3 is 5.97 Å².